The van der Waals surface area contributed by atoms with Gasteiger partial charge in [-0.1, -0.05) is 50.2 Å². The number of aliphatic hydroxyl groups excluding tert-OH is 1. The molecule has 1 aromatic heterocycles. The molecule has 198 valence electrons. The van der Waals surface area contributed by atoms with E-state index < -0.39 is 0 Å². The summed E-state index contributed by atoms with van der Waals surface area (Å²) in [6.45, 7) is 9.30. The van der Waals surface area contributed by atoms with Crippen LogP contribution in [0.15, 0.2) is 48.5 Å². The molecule has 5 rings (SSSR count). The number of carbonyl (C=O) groups is 2. The number of aliphatic hydroxyl groups is 1. The van der Waals surface area contributed by atoms with E-state index in [1.807, 2.05) is 61.5 Å². The number of benzene rings is 2. The van der Waals surface area contributed by atoms with Crippen molar-refractivity contribution >= 4 is 29.0 Å². The van der Waals surface area contributed by atoms with Gasteiger partial charge in [0.15, 0.2) is 5.78 Å². The van der Waals surface area contributed by atoms with E-state index in [-0.39, 0.29) is 24.2 Å². The molecule has 6 nitrogen and oxygen atoms in total. The number of hydrogen-bond donors (Lipinski definition) is 3. The fraction of sp³-hybridized carbons (Fsp3) is 0.375. The molecule has 0 saturated heterocycles. The third kappa shape index (κ3) is 4.86. The van der Waals surface area contributed by atoms with Gasteiger partial charge in [-0.05, 0) is 81.1 Å². The molecule has 2 heterocycles. The van der Waals surface area contributed by atoms with E-state index in [9.17, 15) is 14.7 Å². The second-order valence-corrected chi connectivity index (χ2v) is 10.5. The number of aryl methyl sites for hydroxylation is 1. The summed E-state index contributed by atoms with van der Waals surface area (Å²) in [5.41, 5.74) is 6.92. The van der Waals surface area contributed by atoms with Gasteiger partial charge in [0.05, 0.1) is 12.2 Å². The zero-order valence-corrected chi connectivity index (χ0v) is 22.5. The van der Waals surface area contributed by atoms with Crippen LogP contribution < -0.4 is 5.32 Å². The van der Waals surface area contributed by atoms with Crippen molar-refractivity contribution in [2.45, 2.75) is 46.6 Å². The molecule has 1 saturated carbocycles. The van der Waals surface area contributed by atoms with Crippen LogP contribution in [0.1, 0.15) is 66.0 Å². The third-order valence-electron chi connectivity index (χ3n) is 8.32. The number of para-hydroxylation sites is 1. The molecule has 2 aromatic carbocycles. The van der Waals surface area contributed by atoms with Crippen LogP contribution in [0.3, 0.4) is 0 Å². The topological polar surface area (TPSA) is 85.4 Å². The van der Waals surface area contributed by atoms with Crippen molar-refractivity contribution in [3.63, 3.8) is 0 Å². The first-order chi connectivity index (χ1) is 18.4. The van der Waals surface area contributed by atoms with Crippen LogP contribution >= 0.6 is 0 Å². The molecular formula is C32H37N3O3. The maximum Gasteiger partial charge on any atom is 0.256 e. The van der Waals surface area contributed by atoms with Gasteiger partial charge < -0.3 is 20.3 Å². The van der Waals surface area contributed by atoms with Crippen molar-refractivity contribution in [3.8, 4) is 11.1 Å². The minimum Gasteiger partial charge on any atom is -0.392 e. The lowest BCUT2D eigenvalue weighted by Gasteiger charge is -2.37. The van der Waals surface area contributed by atoms with Crippen molar-refractivity contribution in [2.24, 2.45) is 11.8 Å². The van der Waals surface area contributed by atoms with Crippen molar-refractivity contribution in [1.82, 2.24) is 9.88 Å². The van der Waals surface area contributed by atoms with E-state index >= 15 is 0 Å². The normalized spacial score (nSPS) is 19.5. The number of carbonyl (C=O) groups excluding carboxylic acids is 2. The number of H-pyrrole nitrogens is 1. The number of nitrogens with one attached hydrogen (secondary N) is 2. The molecule has 2 atom stereocenters. The van der Waals surface area contributed by atoms with Crippen LogP contribution in [0.25, 0.3) is 22.8 Å². The average Bonchev–Trinajstić information content (AvgIpc) is 3.41. The van der Waals surface area contributed by atoms with Gasteiger partial charge in [-0.3, -0.25) is 9.59 Å². The number of rotatable bonds is 10. The Bertz CT molecular complexity index is 1380. The van der Waals surface area contributed by atoms with E-state index in [0.29, 0.717) is 17.1 Å². The van der Waals surface area contributed by atoms with Crippen molar-refractivity contribution in [2.75, 3.05) is 25.0 Å². The van der Waals surface area contributed by atoms with Gasteiger partial charge in [0.1, 0.15) is 0 Å². The molecule has 0 radical (unpaired) electrons. The van der Waals surface area contributed by atoms with E-state index in [1.165, 1.54) is 0 Å². The van der Waals surface area contributed by atoms with Crippen molar-refractivity contribution in [1.29, 1.82) is 0 Å². The molecule has 0 spiro atoms. The van der Waals surface area contributed by atoms with Crippen LogP contribution in [0, 0.1) is 18.8 Å². The van der Waals surface area contributed by atoms with Crippen LogP contribution in [0.2, 0.25) is 0 Å². The van der Waals surface area contributed by atoms with Crippen LogP contribution in [-0.4, -0.2) is 46.3 Å². The summed E-state index contributed by atoms with van der Waals surface area (Å²) in [6.07, 6.45) is 4.90. The molecule has 38 heavy (non-hydrogen) atoms. The molecule has 0 bridgehead atoms. The van der Waals surface area contributed by atoms with E-state index in [1.54, 1.807) is 0 Å². The molecule has 2 aliphatic rings. The maximum atomic E-state index is 14.1. The SMILES string of the molecule is CCN(CC)CCC1CCC1C(=O)c1c(C)[nH]c(/C=C2\C(=O)Nc3ccccc32)c1-c1cccc(CO)c1. The number of ketones is 1. The van der Waals surface area contributed by atoms with E-state index in [2.05, 4.69) is 29.0 Å². The summed E-state index contributed by atoms with van der Waals surface area (Å²) in [5.74, 6) is 0.427. The number of Topliss-reactive ketones (excluding diaryl/α,β-unsaturated/α-hetero) is 1. The highest BCUT2D eigenvalue weighted by Crippen LogP contribution is 2.43. The van der Waals surface area contributed by atoms with Gasteiger partial charge in [-0.25, -0.2) is 0 Å². The number of amides is 1. The molecule has 1 aliphatic carbocycles. The van der Waals surface area contributed by atoms with Crippen LogP contribution in [0.4, 0.5) is 5.69 Å². The molecule has 1 aliphatic heterocycles. The lowest BCUT2D eigenvalue weighted by molar-refractivity contribution is -0.110. The number of nitrogens with zero attached hydrogens (tertiary/aromatic N) is 1. The molecule has 1 fully saturated rings. The number of hydrogen-bond acceptors (Lipinski definition) is 4. The Labute approximate surface area is 224 Å². The summed E-state index contributed by atoms with van der Waals surface area (Å²) >= 11 is 0. The Kier molecular flexibility index (Phi) is 7.63. The van der Waals surface area contributed by atoms with Gasteiger partial charge in [0.25, 0.3) is 5.91 Å². The number of fused-ring (bicyclic) bond motifs is 1. The van der Waals surface area contributed by atoms with E-state index in [4.69, 9.17) is 0 Å². The fourth-order valence-electron chi connectivity index (χ4n) is 5.95. The van der Waals surface area contributed by atoms with E-state index in [0.717, 1.165) is 78.2 Å². The maximum absolute atomic E-state index is 14.1. The summed E-state index contributed by atoms with van der Waals surface area (Å²) < 4.78 is 0. The number of anilines is 1. The zero-order valence-electron chi connectivity index (χ0n) is 22.5. The summed E-state index contributed by atoms with van der Waals surface area (Å²) in [5, 5.41) is 12.7. The third-order valence-corrected chi connectivity index (χ3v) is 8.32. The number of aromatic nitrogens is 1. The molecule has 3 N–H and O–H groups in total. The highest BCUT2D eigenvalue weighted by atomic mass is 16.3. The summed E-state index contributed by atoms with van der Waals surface area (Å²) in [6, 6.07) is 15.3. The Morgan fingerprint density at radius 3 is 2.61 bits per heavy atom. The Hall–Kier alpha value is -3.48. The first-order valence-electron chi connectivity index (χ1n) is 13.8. The van der Waals surface area contributed by atoms with Gasteiger partial charge in [0.2, 0.25) is 0 Å². The highest BCUT2D eigenvalue weighted by Gasteiger charge is 2.39. The molecule has 6 heteroatoms. The average molecular weight is 512 g/mol. The van der Waals surface area contributed by atoms with Gasteiger partial charge in [0, 0.05) is 39.7 Å². The first-order valence-corrected chi connectivity index (χ1v) is 13.8. The van der Waals surface area contributed by atoms with Gasteiger partial charge in [-0.2, -0.15) is 0 Å². The molecular weight excluding hydrogens is 474 g/mol. The Morgan fingerprint density at radius 2 is 1.89 bits per heavy atom. The standard InChI is InChI=1S/C32H37N3O3/c1-4-35(5-2)16-15-22-13-14-24(22)31(37)29-20(3)33-28(30(29)23-10-8-9-21(17-23)19-36)18-26-25-11-6-7-12-27(25)34-32(26)38/h6-12,17-18,22,24,33,36H,4-5,13-16,19H2,1-3H3,(H,34,38)/b26-18-. The van der Waals surface area contributed by atoms with Gasteiger partial charge in [-0.15, -0.1) is 0 Å². The highest BCUT2D eigenvalue weighted by molar-refractivity contribution is 6.35. The first kappa shape index (κ1) is 26.1. The Morgan fingerprint density at radius 1 is 1.11 bits per heavy atom. The van der Waals surface area contributed by atoms with Gasteiger partial charge >= 0.3 is 0 Å². The Balaban J connectivity index is 1.56. The summed E-state index contributed by atoms with van der Waals surface area (Å²) in [7, 11) is 0. The summed E-state index contributed by atoms with van der Waals surface area (Å²) in [4.78, 5) is 32.9. The minimum atomic E-state index is -0.156. The molecule has 2 unspecified atom stereocenters. The smallest absolute Gasteiger partial charge is 0.256 e. The minimum absolute atomic E-state index is 0.0100. The second-order valence-electron chi connectivity index (χ2n) is 10.5. The zero-order chi connectivity index (χ0) is 26.8. The van der Waals surface area contributed by atoms with Crippen LogP contribution in [0.5, 0.6) is 0 Å². The largest absolute Gasteiger partial charge is 0.392 e. The predicted octanol–water partition coefficient (Wildman–Crippen LogP) is 5.92. The van der Waals surface area contributed by atoms with Crippen molar-refractivity contribution in [3.05, 3.63) is 76.6 Å². The monoisotopic (exact) mass is 511 g/mol. The lowest BCUT2D eigenvalue weighted by atomic mass is 9.68. The molecule has 3 aromatic rings. The quantitative estimate of drug-likeness (QED) is 0.233. The predicted molar refractivity (Wildman–Crippen MR) is 153 cm³/mol. The second kappa shape index (κ2) is 11.1. The number of aromatic amines is 1. The van der Waals surface area contributed by atoms with Crippen LogP contribution in [-0.2, 0) is 11.4 Å². The van der Waals surface area contributed by atoms with Crippen molar-refractivity contribution < 1.29 is 14.7 Å². The fourth-order valence-corrected chi connectivity index (χ4v) is 5.95. The lowest BCUT2D eigenvalue weighted by Crippen LogP contribution is -2.36. The molecule has 1 amide bonds.